The van der Waals surface area contributed by atoms with Crippen molar-refractivity contribution in [2.45, 2.75) is 25.9 Å². The maximum absolute atomic E-state index is 10.9. The smallest absolute Gasteiger partial charge is 0.321 e. The molecule has 0 aromatic heterocycles. The van der Waals surface area contributed by atoms with E-state index in [0.29, 0.717) is 13.0 Å². The van der Waals surface area contributed by atoms with Gasteiger partial charge in [0.15, 0.2) is 0 Å². The van der Waals surface area contributed by atoms with Crippen LogP contribution >= 0.6 is 0 Å². The molecule has 2 N–H and O–H groups in total. The largest absolute Gasteiger partial charge is 0.496 e. The number of aliphatic carboxylic acids is 1. The molecule has 4 nitrogen and oxygen atoms in total. The number of carboxylic acids is 1. The first-order chi connectivity index (χ1) is 7.63. The SMILES string of the molecule is COc1c(C)ccc2c1CC(C(=O)O)NC2. The molecule has 86 valence electrons. The molecule has 4 heteroatoms. The Hall–Kier alpha value is -1.55. The summed E-state index contributed by atoms with van der Waals surface area (Å²) in [5.74, 6) is 0.0134. The van der Waals surface area contributed by atoms with Crippen LogP contribution in [0.5, 0.6) is 5.75 Å². The van der Waals surface area contributed by atoms with Gasteiger partial charge in [-0.1, -0.05) is 12.1 Å². The number of nitrogens with one attached hydrogen (secondary N) is 1. The standard InChI is InChI=1S/C12H15NO3/c1-7-3-4-8-6-13-10(12(14)15)5-9(8)11(7)16-2/h3-4,10,13H,5-6H2,1-2H3,(H,14,15). The monoisotopic (exact) mass is 221 g/mol. The number of hydrogen-bond acceptors (Lipinski definition) is 3. The molecule has 0 saturated heterocycles. The summed E-state index contributed by atoms with van der Waals surface area (Å²) in [6.07, 6.45) is 0.482. The Morgan fingerprint density at radius 1 is 1.56 bits per heavy atom. The van der Waals surface area contributed by atoms with Crippen LogP contribution in [0.4, 0.5) is 0 Å². The molecule has 0 amide bonds. The number of aryl methyl sites for hydroxylation is 1. The molecular weight excluding hydrogens is 206 g/mol. The molecule has 0 fully saturated rings. The highest BCUT2D eigenvalue weighted by molar-refractivity contribution is 5.74. The van der Waals surface area contributed by atoms with Gasteiger partial charge in [0, 0.05) is 18.5 Å². The van der Waals surface area contributed by atoms with E-state index in [1.54, 1.807) is 7.11 Å². The molecule has 1 unspecified atom stereocenters. The fourth-order valence-electron chi connectivity index (χ4n) is 2.14. The maximum Gasteiger partial charge on any atom is 0.321 e. The van der Waals surface area contributed by atoms with Crippen molar-refractivity contribution < 1.29 is 14.6 Å². The van der Waals surface area contributed by atoms with Crippen LogP contribution in [0.15, 0.2) is 12.1 Å². The summed E-state index contributed by atoms with van der Waals surface area (Å²) >= 11 is 0. The minimum Gasteiger partial charge on any atom is -0.496 e. The molecule has 1 aromatic carbocycles. The highest BCUT2D eigenvalue weighted by atomic mass is 16.5. The number of hydrogen-bond donors (Lipinski definition) is 2. The summed E-state index contributed by atoms with van der Waals surface area (Å²) in [6.45, 7) is 2.56. The topological polar surface area (TPSA) is 58.6 Å². The van der Waals surface area contributed by atoms with Gasteiger partial charge >= 0.3 is 5.97 Å². The second kappa shape index (κ2) is 4.14. The lowest BCUT2D eigenvalue weighted by atomic mass is 9.93. The Balaban J connectivity index is 2.41. The van der Waals surface area contributed by atoms with Crippen molar-refractivity contribution in [1.82, 2.24) is 5.32 Å². The Morgan fingerprint density at radius 3 is 2.94 bits per heavy atom. The quantitative estimate of drug-likeness (QED) is 0.785. The van der Waals surface area contributed by atoms with Crippen LogP contribution in [0.25, 0.3) is 0 Å². The zero-order valence-corrected chi connectivity index (χ0v) is 9.41. The van der Waals surface area contributed by atoms with E-state index in [4.69, 9.17) is 9.84 Å². The summed E-state index contributed by atoms with van der Waals surface area (Å²) in [4.78, 5) is 10.9. The molecule has 0 saturated carbocycles. The summed E-state index contributed by atoms with van der Waals surface area (Å²) < 4.78 is 5.35. The number of methoxy groups -OCH3 is 1. The predicted molar refractivity (Wildman–Crippen MR) is 59.7 cm³/mol. The van der Waals surface area contributed by atoms with Crippen LogP contribution in [0.3, 0.4) is 0 Å². The Morgan fingerprint density at radius 2 is 2.31 bits per heavy atom. The molecule has 1 heterocycles. The first-order valence-electron chi connectivity index (χ1n) is 5.25. The van der Waals surface area contributed by atoms with Crippen LogP contribution in [-0.2, 0) is 17.8 Å². The molecule has 0 aliphatic carbocycles. The number of carbonyl (C=O) groups is 1. The molecule has 1 atom stereocenters. The van der Waals surface area contributed by atoms with Crippen molar-refractivity contribution in [3.05, 3.63) is 28.8 Å². The van der Waals surface area contributed by atoms with E-state index in [1.165, 1.54) is 0 Å². The average molecular weight is 221 g/mol. The van der Waals surface area contributed by atoms with Crippen molar-refractivity contribution in [2.24, 2.45) is 0 Å². The van der Waals surface area contributed by atoms with E-state index >= 15 is 0 Å². The fraction of sp³-hybridized carbons (Fsp3) is 0.417. The number of carboxylic acid groups (broad SMARTS) is 1. The van der Waals surface area contributed by atoms with Crippen LogP contribution in [0.1, 0.15) is 16.7 Å². The van der Waals surface area contributed by atoms with Crippen molar-refractivity contribution in [3.63, 3.8) is 0 Å². The van der Waals surface area contributed by atoms with Crippen LogP contribution < -0.4 is 10.1 Å². The van der Waals surface area contributed by atoms with Gasteiger partial charge in [-0.15, -0.1) is 0 Å². The highest BCUT2D eigenvalue weighted by Crippen LogP contribution is 2.30. The van der Waals surface area contributed by atoms with Gasteiger partial charge in [-0.3, -0.25) is 4.79 Å². The average Bonchev–Trinajstić information content (AvgIpc) is 2.28. The second-order valence-corrected chi connectivity index (χ2v) is 4.03. The van der Waals surface area contributed by atoms with Gasteiger partial charge in [-0.25, -0.2) is 0 Å². The maximum atomic E-state index is 10.9. The number of ether oxygens (including phenoxy) is 1. The molecule has 0 bridgehead atoms. The van der Waals surface area contributed by atoms with E-state index in [1.807, 2.05) is 19.1 Å². The van der Waals surface area contributed by atoms with Gasteiger partial charge in [-0.2, -0.15) is 0 Å². The van der Waals surface area contributed by atoms with Crippen LogP contribution in [0.2, 0.25) is 0 Å². The van der Waals surface area contributed by atoms with Crippen LogP contribution in [0, 0.1) is 6.92 Å². The molecule has 0 radical (unpaired) electrons. The third-order valence-electron chi connectivity index (χ3n) is 3.00. The zero-order chi connectivity index (χ0) is 11.7. The summed E-state index contributed by atoms with van der Waals surface area (Å²) in [6, 6.07) is 3.52. The lowest BCUT2D eigenvalue weighted by molar-refractivity contribution is -0.139. The molecular formula is C12H15NO3. The Bertz CT molecular complexity index is 429. The van der Waals surface area contributed by atoms with Crippen molar-refractivity contribution >= 4 is 5.97 Å². The van der Waals surface area contributed by atoms with Gasteiger partial charge in [0.25, 0.3) is 0 Å². The Labute approximate surface area is 94.2 Å². The van der Waals surface area contributed by atoms with E-state index in [-0.39, 0.29) is 0 Å². The van der Waals surface area contributed by atoms with E-state index in [2.05, 4.69) is 5.32 Å². The molecule has 2 rings (SSSR count). The minimum absolute atomic E-state index is 0.482. The predicted octanol–water partition coefficient (Wildman–Crippen LogP) is 1.10. The van der Waals surface area contributed by atoms with Gasteiger partial charge in [0.05, 0.1) is 7.11 Å². The first-order valence-corrected chi connectivity index (χ1v) is 5.25. The third-order valence-corrected chi connectivity index (χ3v) is 3.00. The molecule has 1 aliphatic rings. The van der Waals surface area contributed by atoms with Gasteiger partial charge in [0.1, 0.15) is 11.8 Å². The fourth-order valence-corrected chi connectivity index (χ4v) is 2.14. The molecule has 0 spiro atoms. The first kappa shape index (κ1) is 11.0. The van der Waals surface area contributed by atoms with Gasteiger partial charge < -0.3 is 15.2 Å². The lowest BCUT2D eigenvalue weighted by Gasteiger charge is -2.25. The normalized spacial score (nSPS) is 19.0. The number of benzene rings is 1. The number of rotatable bonds is 2. The van der Waals surface area contributed by atoms with Gasteiger partial charge in [0.2, 0.25) is 0 Å². The Kier molecular flexibility index (Phi) is 2.83. The van der Waals surface area contributed by atoms with Crippen molar-refractivity contribution in [1.29, 1.82) is 0 Å². The number of fused-ring (bicyclic) bond motifs is 1. The lowest BCUT2D eigenvalue weighted by Crippen LogP contribution is -2.41. The molecule has 1 aromatic rings. The van der Waals surface area contributed by atoms with Crippen LogP contribution in [-0.4, -0.2) is 24.2 Å². The second-order valence-electron chi connectivity index (χ2n) is 4.03. The van der Waals surface area contributed by atoms with E-state index in [0.717, 1.165) is 22.4 Å². The van der Waals surface area contributed by atoms with Gasteiger partial charge in [-0.05, 0) is 18.1 Å². The van der Waals surface area contributed by atoms with Crippen molar-refractivity contribution in [3.8, 4) is 5.75 Å². The summed E-state index contributed by atoms with van der Waals surface area (Å²) in [5.41, 5.74) is 3.20. The summed E-state index contributed by atoms with van der Waals surface area (Å²) in [7, 11) is 1.63. The summed E-state index contributed by atoms with van der Waals surface area (Å²) in [5, 5.41) is 12.0. The van der Waals surface area contributed by atoms with E-state index in [9.17, 15) is 4.79 Å². The minimum atomic E-state index is -0.811. The molecule has 16 heavy (non-hydrogen) atoms. The zero-order valence-electron chi connectivity index (χ0n) is 9.41. The molecule has 1 aliphatic heterocycles. The van der Waals surface area contributed by atoms with Crippen molar-refractivity contribution in [2.75, 3.05) is 7.11 Å². The third kappa shape index (κ3) is 1.76. The van der Waals surface area contributed by atoms with E-state index < -0.39 is 12.0 Å². The highest BCUT2D eigenvalue weighted by Gasteiger charge is 2.26.